The molecule has 1 heterocycles. The van der Waals surface area contributed by atoms with Gasteiger partial charge in [-0.25, -0.2) is 4.99 Å². The van der Waals surface area contributed by atoms with Crippen LogP contribution in [0.2, 0.25) is 0 Å². The Labute approximate surface area is 203 Å². The number of nitrogens with two attached hydrogens (primary N) is 1. The fraction of sp³-hybridized carbons (Fsp3) is 0.636. The highest BCUT2D eigenvalue weighted by Gasteiger charge is 2.22. The predicted octanol–water partition coefficient (Wildman–Crippen LogP) is 1.97. The molecule has 1 unspecified atom stereocenters. The Morgan fingerprint density at radius 3 is 2.68 bits per heavy atom. The van der Waals surface area contributed by atoms with Crippen molar-refractivity contribution in [3.05, 3.63) is 29.8 Å². The number of benzene rings is 1. The van der Waals surface area contributed by atoms with Crippen LogP contribution in [0.1, 0.15) is 32.8 Å². The van der Waals surface area contributed by atoms with Crippen LogP contribution in [0.25, 0.3) is 0 Å². The Morgan fingerprint density at radius 2 is 2.03 bits per heavy atom. The lowest BCUT2D eigenvalue weighted by atomic mass is 10.0. The molecule has 1 aliphatic heterocycles. The van der Waals surface area contributed by atoms with E-state index in [1.807, 2.05) is 18.2 Å². The highest BCUT2D eigenvalue weighted by molar-refractivity contribution is 14.0. The van der Waals surface area contributed by atoms with Gasteiger partial charge in [0.05, 0.1) is 19.8 Å². The summed E-state index contributed by atoms with van der Waals surface area (Å²) in [4.78, 5) is 18.1. The van der Waals surface area contributed by atoms with E-state index < -0.39 is 5.91 Å². The Morgan fingerprint density at radius 1 is 1.29 bits per heavy atom. The van der Waals surface area contributed by atoms with Gasteiger partial charge >= 0.3 is 0 Å². The van der Waals surface area contributed by atoms with Gasteiger partial charge in [0.15, 0.2) is 12.6 Å². The van der Waals surface area contributed by atoms with Crippen molar-refractivity contribution in [1.29, 1.82) is 0 Å². The first-order chi connectivity index (χ1) is 14.5. The summed E-state index contributed by atoms with van der Waals surface area (Å²) in [6.07, 6.45) is 1.13. The average molecular weight is 547 g/mol. The third-order valence-corrected chi connectivity index (χ3v) is 4.85. The van der Waals surface area contributed by atoms with Crippen LogP contribution in [0.5, 0.6) is 5.75 Å². The number of hydrogen-bond acceptors (Lipinski definition) is 5. The van der Waals surface area contributed by atoms with E-state index in [-0.39, 0.29) is 30.6 Å². The van der Waals surface area contributed by atoms with Crippen LogP contribution >= 0.6 is 24.0 Å². The van der Waals surface area contributed by atoms with Gasteiger partial charge in [-0.1, -0.05) is 26.0 Å². The highest BCUT2D eigenvalue weighted by Crippen LogP contribution is 2.15. The number of morpholine rings is 1. The number of nitrogens with zero attached hydrogens (tertiary/aromatic N) is 2. The minimum Gasteiger partial charge on any atom is -0.484 e. The lowest BCUT2D eigenvalue weighted by Crippen LogP contribution is -2.51. The first-order valence-electron chi connectivity index (χ1n) is 10.8. The van der Waals surface area contributed by atoms with Crippen molar-refractivity contribution in [3.63, 3.8) is 0 Å². The maximum Gasteiger partial charge on any atom is 0.255 e. The second kappa shape index (κ2) is 15.3. The summed E-state index contributed by atoms with van der Waals surface area (Å²) in [5.41, 5.74) is 6.14. The largest absolute Gasteiger partial charge is 0.484 e. The second-order valence-electron chi connectivity index (χ2n) is 7.91. The number of hydrogen-bond donors (Lipinski definition) is 3. The highest BCUT2D eigenvalue weighted by atomic mass is 127. The molecule has 176 valence electrons. The molecule has 0 saturated carbocycles. The molecule has 0 radical (unpaired) electrons. The van der Waals surface area contributed by atoms with Crippen LogP contribution in [0.15, 0.2) is 29.3 Å². The van der Waals surface area contributed by atoms with Gasteiger partial charge in [-0.05, 0) is 37.0 Å². The van der Waals surface area contributed by atoms with Gasteiger partial charge in [0.2, 0.25) is 0 Å². The summed E-state index contributed by atoms with van der Waals surface area (Å²) < 4.78 is 10.9. The number of nitrogens with one attached hydrogen (secondary N) is 2. The van der Waals surface area contributed by atoms with E-state index in [2.05, 4.69) is 36.3 Å². The number of rotatable bonds is 11. The molecule has 1 saturated heterocycles. The summed E-state index contributed by atoms with van der Waals surface area (Å²) >= 11 is 0. The number of guanidine groups is 1. The fourth-order valence-corrected chi connectivity index (χ4v) is 3.46. The minimum absolute atomic E-state index is 0. The molecule has 0 aromatic heterocycles. The van der Waals surface area contributed by atoms with Crippen LogP contribution in [-0.2, 0) is 16.1 Å². The third-order valence-electron chi connectivity index (χ3n) is 4.85. The zero-order valence-corrected chi connectivity index (χ0v) is 21.3. The molecule has 1 fully saturated rings. The number of carbonyl (C=O) groups excluding carboxylic acids is 1. The van der Waals surface area contributed by atoms with E-state index >= 15 is 0 Å². The normalized spacial score (nSPS) is 15.8. The summed E-state index contributed by atoms with van der Waals surface area (Å²) in [5, 5.41) is 6.83. The lowest BCUT2D eigenvalue weighted by Gasteiger charge is -2.35. The maximum absolute atomic E-state index is 10.9. The minimum atomic E-state index is -0.492. The van der Waals surface area contributed by atoms with Gasteiger partial charge in [-0.15, -0.1) is 24.0 Å². The molecule has 1 aromatic carbocycles. The van der Waals surface area contributed by atoms with E-state index in [0.29, 0.717) is 24.3 Å². The number of primary amides is 1. The van der Waals surface area contributed by atoms with Crippen molar-refractivity contribution in [2.24, 2.45) is 16.6 Å². The van der Waals surface area contributed by atoms with E-state index in [1.165, 1.54) is 0 Å². The van der Waals surface area contributed by atoms with Crippen molar-refractivity contribution in [2.75, 3.05) is 46.0 Å². The Hall–Kier alpha value is -1.59. The van der Waals surface area contributed by atoms with Crippen LogP contribution < -0.4 is 21.1 Å². The number of aliphatic imine (C=N–C) groups is 1. The number of halogens is 1. The van der Waals surface area contributed by atoms with Crippen molar-refractivity contribution >= 4 is 35.8 Å². The quantitative estimate of drug-likeness (QED) is 0.223. The predicted molar refractivity (Wildman–Crippen MR) is 135 cm³/mol. The van der Waals surface area contributed by atoms with Crippen LogP contribution in [0, 0.1) is 5.92 Å². The molecule has 9 heteroatoms. The van der Waals surface area contributed by atoms with Crippen molar-refractivity contribution in [3.8, 4) is 5.75 Å². The molecule has 2 rings (SSSR count). The van der Waals surface area contributed by atoms with Gasteiger partial charge in [0, 0.05) is 32.2 Å². The first-order valence-corrected chi connectivity index (χ1v) is 10.8. The molecule has 4 N–H and O–H groups in total. The summed E-state index contributed by atoms with van der Waals surface area (Å²) in [5.74, 6) is 1.54. The molecule has 31 heavy (non-hydrogen) atoms. The van der Waals surface area contributed by atoms with Gasteiger partial charge in [0.1, 0.15) is 5.75 Å². The van der Waals surface area contributed by atoms with Crippen molar-refractivity contribution in [1.82, 2.24) is 15.5 Å². The molecular weight excluding hydrogens is 509 g/mol. The van der Waals surface area contributed by atoms with E-state index in [4.69, 9.17) is 20.2 Å². The van der Waals surface area contributed by atoms with Crippen molar-refractivity contribution < 1.29 is 14.3 Å². The summed E-state index contributed by atoms with van der Waals surface area (Å²) in [6.45, 7) is 12.2. The van der Waals surface area contributed by atoms with Gasteiger partial charge < -0.3 is 25.8 Å². The lowest BCUT2D eigenvalue weighted by molar-refractivity contribution is -0.119. The second-order valence-corrected chi connectivity index (χ2v) is 7.91. The smallest absolute Gasteiger partial charge is 0.255 e. The maximum atomic E-state index is 10.9. The van der Waals surface area contributed by atoms with E-state index in [1.54, 1.807) is 6.07 Å². The summed E-state index contributed by atoms with van der Waals surface area (Å²) in [6, 6.07) is 8.00. The zero-order valence-electron chi connectivity index (χ0n) is 18.9. The van der Waals surface area contributed by atoms with Crippen LogP contribution in [0.4, 0.5) is 0 Å². The zero-order chi connectivity index (χ0) is 21.8. The summed E-state index contributed by atoms with van der Waals surface area (Å²) in [7, 11) is 0. The Bertz CT molecular complexity index is 681. The van der Waals surface area contributed by atoms with Crippen LogP contribution in [-0.4, -0.2) is 68.8 Å². The molecule has 0 bridgehead atoms. The van der Waals surface area contributed by atoms with E-state index in [0.717, 1.165) is 57.3 Å². The van der Waals surface area contributed by atoms with Crippen molar-refractivity contribution in [2.45, 2.75) is 39.8 Å². The van der Waals surface area contributed by atoms with Crippen LogP contribution in [0.3, 0.4) is 0 Å². The fourth-order valence-electron chi connectivity index (χ4n) is 3.46. The molecule has 0 spiro atoms. The molecule has 1 aromatic rings. The molecule has 1 amide bonds. The molecule has 0 aliphatic carbocycles. The molecule has 1 aliphatic rings. The molecule has 1 atom stereocenters. The third kappa shape index (κ3) is 11.0. The van der Waals surface area contributed by atoms with Gasteiger partial charge in [-0.3, -0.25) is 9.69 Å². The average Bonchev–Trinajstić information content (AvgIpc) is 2.74. The Kier molecular flexibility index (Phi) is 13.5. The SMILES string of the molecule is CCNC(=NCc1cccc(OCC(N)=O)c1)NCC(CC(C)C)N1CCOCC1.I. The number of ether oxygens (including phenoxy) is 2. The first kappa shape index (κ1) is 27.4. The molecular formula is C22H38IN5O3. The molecule has 8 nitrogen and oxygen atoms in total. The topological polar surface area (TPSA) is 101 Å². The van der Waals surface area contributed by atoms with Gasteiger partial charge in [0.25, 0.3) is 5.91 Å². The standard InChI is InChI=1S/C22H37N5O3.HI/c1-4-24-22(25-14-18-6-5-7-20(13-18)30-16-21(23)28)26-15-19(12-17(2)3)27-8-10-29-11-9-27;/h5-7,13,17,19H,4,8-12,14-16H2,1-3H3,(H2,23,28)(H2,24,25,26);1H. The van der Waals surface area contributed by atoms with Gasteiger partial charge in [-0.2, -0.15) is 0 Å². The van der Waals surface area contributed by atoms with E-state index in [9.17, 15) is 4.79 Å². The monoisotopic (exact) mass is 547 g/mol. The Balaban J connectivity index is 0.00000480. The number of carbonyl (C=O) groups is 1. The number of amides is 1.